The first kappa shape index (κ1) is 20.6. The van der Waals surface area contributed by atoms with Crippen LogP contribution < -0.4 is 16.4 Å². The number of nitrogens with one attached hydrogen (secondary N) is 2. The number of anilines is 2. The first-order chi connectivity index (χ1) is 9.82. The molecule has 0 saturated heterocycles. The van der Waals surface area contributed by atoms with E-state index in [1.165, 1.54) is 26.2 Å². The summed E-state index contributed by atoms with van der Waals surface area (Å²) in [7, 11) is -0.633. The second-order valence-corrected chi connectivity index (χ2v) is 6.76. The number of hydrogen-bond acceptors (Lipinski definition) is 5. The van der Waals surface area contributed by atoms with Crippen LogP contribution in [0.15, 0.2) is 23.1 Å². The molecule has 0 aromatic heterocycles. The highest BCUT2D eigenvalue weighted by Gasteiger charge is 2.19. The smallest absolute Gasteiger partial charge is 0.242 e. The van der Waals surface area contributed by atoms with Gasteiger partial charge >= 0.3 is 0 Å². The van der Waals surface area contributed by atoms with Crippen molar-refractivity contribution < 1.29 is 13.2 Å². The minimum absolute atomic E-state index is 0. The Labute approximate surface area is 137 Å². The van der Waals surface area contributed by atoms with Crippen LogP contribution in [0, 0.1) is 0 Å². The van der Waals surface area contributed by atoms with Gasteiger partial charge in [-0.3, -0.25) is 4.79 Å². The Morgan fingerprint density at radius 2 is 1.91 bits per heavy atom. The fraction of sp³-hybridized carbons (Fsp3) is 0.462. The predicted molar refractivity (Wildman–Crippen MR) is 91.0 cm³/mol. The van der Waals surface area contributed by atoms with E-state index in [-0.39, 0.29) is 36.2 Å². The van der Waals surface area contributed by atoms with Gasteiger partial charge in [-0.15, -0.1) is 12.4 Å². The molecule has 0 atom stereocenters. The summed E-state index contributed by atoms with van der Waals surface area (Å²) in [5, 5.41) is 5.76. The standard InChI is InChI=1S/C13H22N4O3S.ClH/c1-4-15-11-6-5-10(21(19,20)17(2)3)9-12(11)16-13(18)7-8-14;/h5-6,9,15H,4,7-8,14H2,1-3H3,(H,16,18);1H. The molecule has 0 spiro atoms. The zero-order valence-corrected chi connectivity index (χ0v) is 14.6. The molecule has 0 saturated carbocycles. The van der Waals surface area contributed by atoms with Crippen molar-refractivity contribution in [1.82, 2.24) is 4.31 Å². The predicted octanol–water partition coefficient (Wildman–Crippen LogP) is 1.08. The van der Waals surface area contributed by atoms with Gasteiger partial charge in [0, 0.05) is 33.6 Å². The Morgan fingerprint density at radius 3 is 2.41 bits per heavy atom. The Morgan fingerprint density at radius 1 is 1.27 bits per heavy atom. The highest BCUT2D eigenvalue weighted by atomic mass is 35.5. The Hall–Kier alpha value is -1.35. The van der Waals surface area contributed by atoms with Gasteiger partial charge in [-0.2, -0.15) is 0 Å². The first-order valence-corrected chi connectivity index (χ1v) is 8.07. The lowest BCUT2D eigenvalue weighted by Crippen LogP contribution is -2.23. The van der Waals surface area contributed by atoms with Crippen molar-refractivity contribution in [2.45, 2.75) is 18.2 Å². The maximum atomic E-state index is 12.1. The van der Waals surface area contributed by atoms with Crippen LogP contribution >= 0.6 is 12.4 Å². The van der Waals surface area contributed by atoms with E-state index in [9.17, 15) is 13.2 Å². The van der Waals surface area contributed by atoms with Crippen molar-refractivity contribution in [3.05, 3.63) is 18.2 Å². The zero-order valence-electron chi connectivity index (χ0n) is 12.9. The first-order valence-electron chi connectivity index (χ1n) is 6.63. The van der Waals surface area contributed by atoms with Crippen LogP contribution in [0.3, 0.4) is 0 Å². The topological polar surface area (TPSA) is 105 Å². The SMILES string of the molecule is CCNc1ccc(S(=O)(=O)N(C)C)cc1NC(=O)CCN.Cl. The molecule has 0 fully saturated rings. The lowest BCUT2D eigenvalue weighted by atomic mass is 10.2. The van der Waals surface area contributed by atoms with E-state index >= 15 is 0 Å². The van der Waals surface area contributed by atoms with Gasteiger partial charge in [0.25, 0.3) is 0 Å². The van der Waals surface area contributed by atoms with Gasteiger partial charge in [-0.25, -0.2) is 12.7 Å². The molecule has 1 amide bonds. The average Bonchev–Trinajstić information content (AvgIpc) is 2.40. The lowest BCUT2D eigenvalue weighted by Gasteiger charge is -2.16. The van der Waals surface area contributed by atoms with Crippen molar-refractivity contribution in [3.63, 3.8) is 0 Å². The molecule has 7 nitrogen and oxygen atoms in total. The number of sulfonamides is 1. The molecule has 0 aliphatic rings. The number of amides is 1. The largest absolute Gasteiger partial charge is 0.384 e. The van der Waals surface area contributed by atoms with Crippen LogP contribution in [-0.4, -0.2) is 45.8 Å². The molecule has 126 valence electrons. The van der Waals surface area contributed by atoms with Crippen molar-refractivity contribution in [3.8, 4) is 0 Å². The summed E-state index contributed by atoms with van der Waals surface area (Å²) in [6.07, 6.45) is 0.177. The Balaban J connectivity index is 0.00000441. The molecule has 4 N–H and O–H groups in total. The minimum Gasteiger partial charge on any atom is -0.384 e. The average molecular weight is 351 g/mol. The second kappa shape index (κ2) is 8.94. The third-order valence-electron chi connectivity index (χ3n) is 2.78. The summed E-state index contributed by atoms with van der Waals surface area (Å²) >= 11 is 0. The normalized spacial score (nSPS) is 11.0. The summed E-state index contributed by atoms with van der Waals surface area (Å²) in [6, 6.07) is 4.59. The highest BCUT2D eigenvalue weighted by Crippen LogP contribution is 2.26. The summed E-state index contributed by atoms with van der Waals surface area (Å²) < 4.78 is 25.4. The maximum absolute atomic E-state index is 12.1. The maximum Gasteiger partial charge on any atom is 0.242 e. The molecule has 0 heterocycles. The van der Waals surface area contributed by atoms with Crippen molar-refractivity contribution >= 4 is 39.7 Å². The molecule has 0 unspecified atom stereocenters. The highest BCUT2D eigenvalue weighted by molar-refractivity contribution is 7.89. The number of nitrogens with zero attached hydrogens (tertiary/aromatic N) is 1. The van der Waals surface area contributed by atoms with Crippen LogP contribution in [0.5, 0.6) is 0 Å². The van der Waals surface area contributed by atoms with Crippen LogP contribution in [0.1, 0.15) is 13.3 Å². The molecule has 0 aliphatic carbocycles. The van der Waals surface area contributed by atoms with Crippen LogP contribution in [-0.2, 0) is 14.8 Å². The quantitative estimate of drug-likeness (QED) is 0.682. The van der Waals surface area contributed by atoms with Gasteiger partial charge in [0.2, 0.25) is 15.9 Å². The van der Waals surface area contributed by atoms with Crippen molar-refractivity contribution in [2.24, 2.45) is 5.73 Å². The molecule has 9 heteroatoms. The van der Waals surface area contributed by atoms with Crippen molar-refractivity contribution in [2.75, 3.05) is 37.8 Å². The van der Waals surface area contributed by atoms with E-state index in [2.05, 4.69) is 10.6 Å². The van der Waals surface area contributed by atoms with Gasteiger partial charge in [0.15, 0.2) is 0 Å². The third kappa shape index (κ3) is 5.13. The van der Waals surface area contributed by atoms with E-state index in [1.807, 2.05) is 6.92 Å². The molecule has 1 aromatic carbocycles. The van der Waals surface area contributed by atoms with E-state index in [0.29, 0.717) is 17.9 Å². The van der Waals surface area contributed by atoms with Gasteiger partial charge in [-0.05, 0) is 25.1 Å². The monoisotopic (exact) mass is 350 g/mol. The molecule has 1 aromatic rings. The van der Waals surface area contributed by atoms with E-state index in [1.54, 1.807) is 6.07 Å². The second-order valence-electron chi connectivity index (χ2n) is 4.61. The zero-order chi connectivity index (χ0) is 16.0. The molecule has 1 rings (SSSR count). The van der Waals surface area contributed by atoms with Crippen LogP contribution in [0.2, 0.25) is 0 Å². The Bertz CT molecular complexity index is 605. The summed E-state index contributed by atoms with van der Waals surface area (Å²) in [6.45, 7) is 2.80. The minimum atomic E-state index is -3.55. The molecular weight excluding hydrogens is 328 g/mol. The number of rotatable bonds is 7. The van der Waals surface area contributed by atoms with Gasteiger partial charge in [-0.1, -0.05) is 0 Å². The van der Waals surface area contributed by atoms with Gasteiger partial charge in [0.1, 0.15) is 0 Å². The summed E-state index contributed by atoms with van der Waals surface area (Å²) in [4.78, 5) is 11.8. The fourth-order valence-corrected chi connectivity index (χ4v) is 2.61. The number of halogens is 1. The molecule has 0 aliphatic heterocycles. The van der Waals surface area contributed by atoms with Crippen LogP contribution in [0.25, 0.3) is 0 Å². The molecule has 22 heavy (non-hydrogen) atoms. The number of benzene rings is 1. The molecule has 0 bridgehead atoms. The van der Waals surface area contributed by atoms with Gasteiger partial charge < -0.3 is 16.4 Å². The van der Waals surface area contributed by atoms with Crippen LogP contribution in [0.4, 0.5) is 11.4 Å². The summed E-state index contributed by atoms with van der Waals surface area (Å²) in [5.41, 5.74) is 6.44. The lowest BCUT2D eigenvalue weighted by molar-refractivity contribution is -0.116. The van der Waals surface area contributed by atoms with E-state index in [0.717, 1.165) is 4.31 Å². The Kier molecular flexibility index (Phi) is 8.39. The summed E-state index contributed by atoms with van der Waals surface area (Å²) in [5.74, 6) is -0.254. The number of carbonyl (C=O) groups is 1. The van der Waals surface area contributed by atoms with Gasteiger partial charge in [0.05, 0.1) is 16.3 Å². The van der Waals surface area contributed by atoms with E-state index in [4.69, 9.17) is 5.73 Å². The number of carbonyl (C=O) groups excluding carboxylic acids is 1. The van der Waals surface area contributed by atoms with E-state index < -0.39 is 10.0 Å². The third-order valence-corrected chi connectivity index (χ3v) is 4.59. The number of nitrogens with two attached hydrogens (primary N) is 1. The fourth-order valence-electron chi connectivity index (χ4n) is 1.69. The number of hydrogen-bond donors (Lipinski definition) is 3. The molecule has 0 radical (unpaired) electrons. The van der Waals surface area contributed by atoms with Crippen molar-refractivity contribution in [1.29, 1.82) is 0 Å². The molecular formula is C13H23ClN4O3S.